The second-order valence-corrected chi connectivity index (χ2v) is 4.85. The van der Waals surface area contributed by atoms with Crippen LogP contribution in [0.25, 0.3) is 22.3 Å². The zero-order valence-corrected chi connectivity index (χ0v) is 11.3. The lowest BCUT2D eigenvalue weighted by molar-refractivity contribution is 1.07. The van der Waals surface area contributed by atoms with Crippen LogP contribution < -0.4 is 5.73 Å². The molecule has 0 heterocycles. The Balaban J connectivity index is 2.13. The maximum absolute atomic E-state index is 5.84. The Morgan fingerprint density at radius 1 is 0.550 bits per heavy atom. The minimum Gasteiger partial charge on any atom is -0.326 e. The van der Waals surface area contributed by atoms with E-state index in [-0.39, 0.29) is 0 Å². The molecule has 0 saturated carbocycles. The Labute approximate surface area is 119 Å². The summed E-state index contributed by atoms with van der Waals surface area (Å²) in [6, 6.07) is 27.4. The van der Waals surface area contributed by atoms with Gasteiger partial charge in [0.15, 0.2) is 0 Å². The summed E-state index contributed by atoms with van der Waals surface area (Å²) in [5.74, 6) is 0. The number of nitrogens with two attached hydrogens (primary N) is 1. The molecule has 0 aliphatic carbocycles. The standard InChI is InChI=1S/C19H17N/c20-14-15-11-18(16-7-3-1-4-8-16)13-19(12-15)17-9-5-2-6-10-17/h1-13H,14,20H2. The third-order valence-electron chi connectivity index (χ3n) is 3.44. The lowest BCUT2D eigenvalue weighted by atomic mass is 9.96. The Hall–Kier alpha value is -2.38. The van der Waals surface area contributed by atoms with Crippen LogP contribution in [-0.2, 0) is 6.54 Å². The highest BCUT2D eigenvalue weighted by Crippen LogP contribution is 2.28. The van der Waals surface area contributed by atoms with Crippen LogP contribution >= 0.6 is 0 Å². The lowest BCUT2D eigenvalue weighted by Gasteiger charge is -2.09. The van der Waals surface area contributed by atoms with Gasteiger partial charge < -0.3 is 5.73 Å². The molecule has 0 spiro atoms. The number of hydrogen-bond donors (Lipinski definition) is 1. The van der Waals surface area contributed by atoms with Gasteiger partial charge in [-0.15, -0.1) is 0 Å². The monoisotopic (exact) mass is 259 g/mol. The van der Waals surface area contributed by atoms with E-state index in [0.29, 0.717) is 6.54 Å². The molecular weight excluding hydrogens is 242 g/mol. The molecule has 0 aromatic heterocycles. The Bertz CT molecular complexity index is 630. The predicted molar refractivity (Wildman–Crippen MR) is 85.2 cm³/mol. The van der Waals surface area contributed by atoms with E-state index in [0.717, 1.165) is 5.56 Å². The van der Waals surface area contributed by atoms with Crippen molar-refractivity contribution < 1.29 is 0 Å². The molecule has 0 bridgehead atoms. The number of rotatable bonds is 3. The summed E-state index contributed by atoms with van der Waals surface area (Å²) in [6.45, 7) is 0.556. The minimum atomic E-state index is 0.556. The van der Waals surface area contributed by atoms with Gasteiger partial charge in [-0.1, -0.05) is 60.7 Å². The molecule has 0 aliphatic rings. The zero-order valence-electron chi connectivity index (χ0n) is 11.3. The third-order valence-corrected chi connectivity index (χ3v) is 3.44. The van der Waals surface area contributed by atoms with Crippen LogP contribution in [-0.4, -0.2) is 0 Å². The summed E-state index contributed by atoms with van der Waals surface area (Å²) >= 11 is 0. The highest BCUT2D eigenvalue weighted by molar-refractivity contribution is 5.74. The van der Waals surface area contributed by atoms with Crippen molar-refractivity contribution in [2.75, 3.05) is 0 Å². The van der Waals surface area contributed by atoms with E-state index < -0.39 is 0 Å². The first-order valence-electron chi connectivity index (χ1n) is 6.82. The normalized spacial score (nSPS) is 10.4. The molecule has 0 atom stereocenters. The molecule has 0 amide bonds. The van der Waals surface area contributed by atoms with Crippen LogP contribution in [0.3, 0.4) is 0 Å². The van der Waals surface area contributed by atoms with Crippen molar-refractivity contribution in [3.05, 3.63) is 84.4 Å². The summed E-state index contributed by atoms with van der Waals surface area (Å²) in [4.78, 5) is 0. The molecule has 3 aromatic carbocycles. The molecule has 98 valence electrons. The maximum atomic E-state index is 5.84. The first-order valence-corrected chi connectivity index (χ1v) is 6.82. The first-order chi connectivity index (χ1) is 9.86. The van der Waals surface area contributed by atoms with Crippen molar-refractivity contribution in [2.45, 2.75) is 6.54 Å². The Kier molecular flexibility index (Phi) is 3.62. The van der Waals surface area contributed by atoms with Gasteiger partial charge in [-0.2, -0.15) is 0 Å². The van der Waals surface area contributed by atoms with Gasteiger partial charge in [0.05, 0.1) is 0 Å². The topological polar surface area (TPSA) is 26.0 Å². The van der Waals surface area contributed by atoms with Gasteiger partial charge in [0.25, 0.3) is 0 Å². The van der Waals surface area contributed by atoms with Crippen LogP contribution in [0.4, 0.5) is 0 Å². The summed E-state index contributed by atoms with van der Waals surface area (Å²) < 4.78 is 0. The molecule has 3 rings (SSSR count). The summed E-state index contributed by atoms with van der Waals surface area (Å²) in [5.41, 5.74) is 11.9. The van der Waals surface area contributed by atoms with Crippen molar-refractivity contribution >= 4 is 0 Å². The van der Waals surface area contributed by atoms with Gasteiger partial charge in [-0.05, 0) is 46.0 Å². The molecule has 0 saturated heterocycles. The summed E-state index contributed by atoms with van der Waals surface area (Å²) in [7, 11) is 0. The second kappa shape index (κ2) is 5.72. The minimum absolute atomic E-state index is 0.556. The van der Waals surface area contributed by atoms with E-state index in [9.17, 15) is 0 Å². The van der Waals surface area contributed by atoms with E-state index in [1.54, 1.807) is 0 Å². The van der Waals surface area contributed by atoms with Gasteiger partial charge in [0.2, 0.25) is 0 Å². The molecule has 0 radical (unpaired) electrons. The highest BCUT2D eigenvalue weighted by Gasteiger charge is 2.04. The fourth-order valence-corrected chi connectivity index (χ4v) is 2.40. The molecule has 0 unspecified atom stereocenters. The molecule has 1 heteroatoms. The van der Waals surface area contributed by atoms with Crippen molar-refractivity contribution in [1.82, 2.24) is 0 Å². The fourth-order valence-electron chi connectivity index (χ4n) is 2.40. The van der Waals surface area contributed by atoms with Gasteiger partial charge >= 0.3 is 0 Å². The smallest absolute Gasteiger partial charge is 0.0178 e. The van der Waals surface area contributed by atoms with Gasteiger partial charge in [-0.3, -0.25) is 0 Å². The van der Waals surface area contributed by atoms with Crippen LogP contribution in [0.5, 0.6) is 0 Å². The van der Waals surface area contributed by atoms with E-state index in [4.69, 9.17) is 5.73 Å². The van der Waals surface area contributed by atoms with Crippen molar-refractivity contribution in [3.63, 3.8) is 0 Å². The predicted octanol–water partition coefficient (Wildman–Crippen LogP) is 4.48. The van der Waals surface area contributed by atoms with Crippen LogP contribution in [0, 0.1) is 0 Å². The third kappa shape index (κ3) is 2.63. The van der Waals surface area contributed by atoms with Crippen molar-refractivity contribution in [3.8, 4) is 22.3 Å². The number of hydrogen-bond acceptors (Lipinski definition) is 1. The first kappa shape index (κ1) is 12.6. The average Bonchev–Trinajstić information content (AvgIpc) is 2.56. The van der Waals surface area contributed by atoms with Crippen LogP contribution in [0.2, 0.25) is 0 Å². The SMILES string of the molecule is NCc1cc(-c2ccccc2)cc(-c2ccccc2)c1. The zero-order chi connectivity index (χ0) is 13.8. The molecule has 20 heavy (non-hydrogen) atoms. The molecular formula is C19H17N. The lowest BCUT2D eigenvalue weighted by Crippen LogP contribution is -1.97. The van der Waals surface area contributed by atoms with Crippen LogP contribution in [0.1, 0.15) is 5.56 Å². The largest absolute Gasteiger partial charge is 0.326 e. The van der Waals surface area contributed by atoms with Crippen molar-refractivity contribution in [1.29, 1.82) is 0 Å². The van der Waals surface area contributed by atoms with E-state index in [1.807, 2.05) is 12.1 Å². The number of benzene rings is 3. The second-order valence-electron chi connectivity index (χ2n) is 4.85. The molecule has 0 fully saturated rings. The van der Waals surface area contributed by atoms with E-state index in [1.165, 1.54) is 22.3 Å². The quantitative estimate of drug-likeness (QED) is 0.737. The summed E-state index contributed by atoms with van der Waals surface area (Å²) in [6.07, 6.45) is 0. The molecule has 3 aromatic rings. The maximum Gasteiger partial charge on any atom is 0.0178 e. The van der Waals surface area contributed by atoms with E-state index in [2.05, 4.69) is 66.7 Å². The van der Waals surface area contributed by atoms with Crippen molar-refractivity contribution in [2.24, 2.45) is 5.73 Å². The van der Waals surface area contributed by atoms with Gasteiger partial charge in [-0.25, -0.2) is 0 Å². The fraction of sp³-hybridized carbons (Fsp3) is 0.0526. The van der Waals surface area contributed by atoms with E-state index >= 15 is 0 Å². The molecule has 2 N–H and O–H groups in total. The van der Waals surface area contributed by atoms with Gasteiger partial charge in [0.1, 0.15) is 0 Å². The Morgan fingerprint density at radius 2 is 1.00 bits per heavy atom. The van der Waals surface area contributed by atoms with Gasteiger partial charge in [0, 0.05) is 6.54 Å². The molecule has 0 aliphatic heterocycles. The average molecular weight is 259 g/mol. The van der Waals surface area contributed by atoms with Crippen LogP contribution in [0.15, 0.2) is 78.9 Å². The Morgan fingerprint density at radius 3 is 1.40 bits per heavy atom. The summed E-state index contributed by atoms with van der Waals surface area (Å²) in [5, 5.41) is 0. The highest BCUT2D eigenvalue weighted by atomic mass is 14.5. The molecule has 1 nitrogen and oxygen atoms in total.